The lowest BCUT2D eigenvalue weighted by atomic mass is 10.2. The van der Waals surface area contributed by atoms with Crippen molar-refractivity contribution in [3.05, 3.63) is 52.2 Å². The van der Waals surface area contributed by atoms with Crippen molar-refractivity contribution < 1.29 is 4.74 Å². The fraction of sp³-hybridized carbons (Fsp3) is 0.421. The highest BCUT2D eigenvalue weighted by molar-refractivity contribution is 14.0. The minimum absolute atomic E-state index is 0. The van der Waals surface area contributed by atoms with Gasteiger partial charge < -0.3 is 15.4 Å². The van der Waals surface area contributed by atoms with Crippen LogP contribution in [0.15, 0.2) is 46.8 Å². The van der Waals surface area contributed by atoms with E-state index < -0.39 is 0 Å². The van der Waals surface area contributed by atoms with Crippen LogP contribution in [0, 0.1) is 5.92 Å². The first-order valence-corrected chi connectivity index (χ1v) is 9.40. The molecule has 1 aromatic carbocycles. The van der Waals surface area contributed by atoms with E-state index in [0.717, 1.165) is 37.2 Å². The van der Waals surface area contributed by atoms with E-state index in [1.807, 2.05) is 18.2 Å². The molecule has 1 aliphatic rings. The van der Waals surface area contributed by atoms with Crippen molar-refractivity contribution in [2.45, 2.75) is 25.8 Å². The quantitative estimate of drug-likeness (QED) is 0.347. The zero-order valence-corrected chi connectivity index (χ0v) is 17.7. The van der Waals surface area contributed by atoms with Gasteiger partial charge in [-0.2, -0.15) is 0 Å². The van der Waals surface area contributed by atoms with Gasteiger partial charge in [-0.15, -0.1) is 35.3 Å². The molecule has 0 saturated heterocycles. The van der Waals surface area contributed by atoms with Crippen LogP contribution >= 0.6 is 35.3 Å². The van der Waals surface area contributed by atoms with E-state index in [1.54, 1.807) is 18.4 Å². The van der Waals surface area contributed by atoms with Gasteiger partial charge in [0, 0.05) is 30.6 Å². The van der Waals surface area contributed by atoms with E-state index in [4.69, 9.17) is 4.74 Å². The zero-order chi connectivity index (χ0) is 16.6. The minimum atomic E-state index is 0. The molecule has 25 heavy (non-hydrogen) atoms. The summed E-state index contributed by atoms with van der Waals surface area (Å²) in [6, 6.07) is 12.5. The van der Waals surface area contributed by atoms with Crippen LogP contribution in [0.1, 0.15) is 23.3 Å². The molecule has 1 heterocycles. The third kappa shape index (κ3) is 6.86. The number of ether oxygens (including phenoxy) is 1. The molecular formula is C19H26IN3OS. The molecule has 0 amide bonds. The highest BCUT2D eigenvalue weighted by Gasteiger charge is 2.22. The average molecular weight is 471 g/mol. The fourth-order valence-electron chi connectivity index (χ4n) is 2.44. The van der Waals surface area contributed by atoms with Crippen LogP contribution in [0.5, 0.6) is 5.75 Å². The summed E-state index contributed by atoms with van der Waals surface area (Å²) in [5.41, 5.74) is 1.17. The third-order valence-electron chi connectivity index (χ3n) is 4.06. The van der Waals surface area contributed by atoms with E-state index in [-0.39, 0.29) is 24.0 Å². The standard InChI is InChI=1S/C19H25N3OS.HI/c1-20-19(21-11-10-17-6-4-12-24-17)22-13-16-5-2-3-7-18(16)23-14-15-8-9-15;/h2-7,12,15H,8-11,13-14H2,1H3,(H2,20,21,22);1H. The van der Waals surface area contributed by atoms with Gasteiger partial charge in [0.2, 0.25) is 0 Å². The van der Waals surface area contributed by atoms with Crippen molar-refractivity contribution in [3.63, 3.8) is 0 Å². The summed E-state index contributed by atoms with van der Waals surface area (Å²) in [5.74, 6) is 2.56. The Kier molecular flexibility index (Phi) is 8.54. The van der Waals surface area contributed by atoms with E-state index in [0.29, 0.717) is 6.54 Å². The summed E-state index contributed by atoms with van der Waals surface area (Å²) in [6.45, 7) is 2.42. The number of nitrogens with zero attached hydrogens (tertiary/aromatic N) is 1. The number of para-hydroxylation sites is 1. The zero-order valence-electron chi connectivity index (χ0n) is 14.5. The molecule has 1 aliphatic carbocycles. The van der Waals surface area contributed by atoms with Crippen LogP contribution in [-0.2, 0) is 13.0 Å². The van der Waals surface area contributed by atoms with Gasteiger partial charge in [0.05, 0.1) is 6.61 Å². The first-order valence-electron chi connectivity index (χ1n) is 8.53. The Morgan fingerprint density at radius 3 is 2.76 bits per heavy atom. The molecular weight excluding hydrogens is 445 g/mol. The molecule has 0 atom stereocenters. The summed E-state index contributed by atoms with van der Waals surface area (Å²) < 4.78 is 5.96. The molecule has 6 heteroatoms. The smallest absolute Gasteiger partial charge is 0.191 e. The molecule has 4 nitrogen and oxygen atoms in total. The molecule has 1 saturated carbocycles. The number of halogens is 1. The first-order chi connectivity index (χ1) is 11.8. The molecule has 2 N–H and O–H groups in total. The van der Waals surface area contributed by atoms with Crippen LogP contribution in [0.4, 0.5) is 0 Å². The van der Waals surface area contributed by atoms with Gasteiger partial charge in [0.15, 0.2) is 5.96 Å². The number of aliphatic imine (C=N–C) groups is 1. The van der Waals surface area contributed by atoms with E-state index in [9.17, 15) is 0 Å². The van der Waals surface area contributed by atoms with E-state index in [1.165, 1.54) is 23.3 Å². The Bertz CT molecular complexity index is 656. The second kappa shape index (κ2) is 10.7. The van der Waals surface area contributed by atoms with Crippen LogP contribution in [0.25, 0.3) is 0 Å². The molecule has 0 aliphatic heterocycles. The topological polar surface area (TPSA) is 45.7 Å². The Balaban J connectivity index is 0.00000225. The summed E-state index contributed by atoms with van der Waals surface area (Å²) in [4.78, 5) is 5.68. The minimum Gasteiger partial charge on any atom is -0.493 e. The van der Waals surface area contributed by atoms with Crippen LogP contribution in [-0.4, -0.2) is 26.2 Å². The Morgan fingerprint density at radius 1 is 1.20 bits per heavy atom. The predicted octanol–water partition coefficient (Wildman–Crippen LogP) is 4.06. The molecule has 0 radical (unpaired) electrons. The van der Waals surface area contributed by atoms with Crippen LogP contribution < -0.4 is 15.4 Å². The summed E-state index contributed by atoms with van der Waals surface area (Å²) in [5, 5.41) is 8.85. The van der Waals surface area contributed by atoms with E-state index >= 15 is 0 Å². The van der Waals surface area contributed by atoms with Crippen molar-refractivity contribution in [1.82, 2.24) is 10.6 Å². The number of hydrogen-bond acceptors (Lipinski definition) is 3. The van der Waals surface area contributed by atoms with Crippen LogP contribution in [0.3, 0.4) is 0 Å². The lowest BCUT2D eigenvalue weighted by Crippen LogP contribution is -2.37. The second-order valence-corrected chi connectivity index (χ2v) is 7.08. The van der Waals surface area contributed by atoms with E-state index in [2.05, 4.69) is 39.2 Å². The number of rotatable bonds is 8. The van der Waals surface area contributed by atoms with Crippen molar-refractivity contribution in [2.75, 3.05) is 20.2 Å². The summed E-state index contributed by atoms with van der Waals surface area (Å²) in [6.07, 6.45) is 3.63. The van der Waals surface area contributed by atoms with Crippen molar-refractivity contribution in [3.8, 4) is 5.75 Å². The van der Waals surface area contributed by atoms with Gasteiger partial charge in [-0.25, -0.2) is 0 Å². The largest absolute Gasteiger partial charge is 0.493 e. The molecule has 1 aromatic heterocycles. The normalized spacial score (nSPS) is 13.9. The highest BCUT2D eigenvalue weighted by Crippen LogP contribution is 2.30. The SMILES string of the molecule is CN=C(NCCc1cccs1)NCc1ccccc1OCC1CC1.I. The number of guanidine groups is 1. The predicted molar refractivity (Wildman–Crippen MR) is 116 cm³/mol. The monoisotopic (exact) mass is 471 g/mol. The summed E-state index contributed by atoms with van der Waals surface area (Å²) >= 11 is 1.79. The first kappa shape index (κ1) is 20.0. The Morgan fingerprint density at radius 2 is 2.04 bits per heavy atom. The molecule has 0 bridgehead atoms. The Hall–Kier alpha value is -1.28. The average Bonchev–Trinajstić information content (AvgIpc) is 3.30. The highest BCUT2D eigenvalue weighted by atomic mass is 127. The fourth-order valence-corrected chi connectivity index (χ4v) is 3.15. The molecule has 2 aromatic rings. The van der Waals surface area contributed by atoms with Gasteiger partial charge in [0.1, 0.15) is 5.75 Å². The third-order valence-corrected chi connectivity index (χ3v) is 4.99. The Labute approximate surface area is 171 Å². The number of nitrogens with one attached hydrogen (secondary N) is 2. The number of benzene rings is 1. The second-order valence-electron chi connectivity index (χ2n) is 6.04. The molecule has 0 unspecified atom stereocenters. The number of hydrogen-bond donors (Lipinski definition) is 2. The maximum absolute atomic E-state index is 5.96. The van der Waals surface area contributed by atoms with Crippen molar-refractivity contribution >= 4 is 41.3 Å². The van der Waals surface area contributed by atoms with Crippen molar-refractivity contribution in [1.29, 1.82) is 0 Å². The molecule has 136 valence electrons. The molecule has 1 fully saturated rings. The van der Waals surface area contributed by atoms with Crippen LogP contribution in [0.2, 0.25) is 0 Å². The number of thiophene rings is 1. The molecule has 3 rings (SSSR count). The van der Waals surface area contributed by atoms with Crippen molar-refractivity contribution in [2.24, 2.45) is 10.9 Å². The molecule has 0 spiro atoms. The van der Waals surface area contributed by atoms with Gasteiger partial charge in [-0.3, -0.25) is 4.99 Å². The lowest BCUT2D eigenvalue weighted by molar-refractivity contribution is 0.296. The van der Waals surface area contributed by atoms with Gasteiger partial charge >= 0.3 is 0 Å². The maximum atomic E-state index is 5.96. The lowest BCUT2D eigenvalue weighted by Gasteiger charge is -2.14. The van der Waals surface area contributed by atoms with Gasteiger partial charge in [-0.1, -0.05) is 24.3 Å². The maximum Gasteiger partial charge on any atom is 0.191 e. The van der Waals surface area contributed by atoms with Gasteiger partial charge in [0.25, 0.3) is 0 Å². The summed E-state index contributed by atoms with van der Waals surface area (Å²) in [7, 11) is 1.80. The van der Waals surface area contributed by atoms with Gasteiger partial charge in [-0.05, 0) is 42.7 Å².